The standard InChI is InChI=1S/C45H35N3O2S/c49-51(50)40-18-6-5-17-38(40)45(32-22-27-21-28(24-32)25-33(45)23-27)39-20-19-31(26-41(39)51)42-46-43(36-15-7-11-29-9-1-3-13-34(29)36)48-44(47-42)37-16-8-12-30-10-2-4-14-35(30)37/h1-20,26-28,32-33H,21-25H2. The maximum Gasteiger partial charge on any atom is 0.207 e. The molecular formula is C45H35N3O2S. The third kappa shape index (κ3) is 4.14. The van der Waals surface area contributed by atoms with Crippen LogP contribution in [0.25, 0.3) is 55.7 Å². The van der Waals surface area contributed by atoms with E-state index in [1.807, 2.05) is 60.7 Å². The first kappa shape index (κ1) is 29.5. The van der Waals surface area contributed by atoms with E-state index in [9.17, 15) is 8.42 Å². The van der Waals surface area contributed by atoms with Gasteiger partial charge >= 0.3 is 0 Å². The summed E-state index contributed by atoms with van der Waals surface area (Å²) in [7, 11) is -3.79. The number of hydrogen-bond donors (Lipinski definition) is 0. The average Bonchev–Trinajstić information content (AvgIpc) is 3.17. The van der Waals surface area contributed by atoms with E-state index >= 15 is 0 Å². The largest absolute Gasteiger partial charge is 0.218 e. The van der Waals surface area contributed by atoms with Crippen molar-refractivity contribution in [2.24, 2.45) is 23.7 Å². The molecule has 0 radical (unpaired) electrons. The zero-order valence-electron chi connectivity index (χ0n) is 28.0. The molecule has 4 aliphatic carbocycles. The Balaban J connectivity index is 1.16. The van der Waals surface area contributed by atoms with Crippen LogP contribution >= 0.6 is 0 Å². The lowest BCUT2D eigenvalue weighted by Gasteiger charge is -2.63. The van der Waals surface area contributed by atoms with Crippen molar-refractivity contribution in [2.45, 2.75) is 47.3 Å². The lowest BCUT2D eigenvalue weighted by Crippen LogP contribution is -2.57. The Labute approximate surface area is 297 Å². The van der Waals surface area contributed by atoms with Crippen molar-refractivity contribution in [3.05, 3.63) is 139 Å². The van der Waals surface area contributed by atoms with Gasteiger partial charge in [-0.15, -0.1) is 0 Å². The average molecular weight is 682 g/mol. The van der Waals surface area contributed by atoms with Crippen LogP contribution < -0.4 is 0 Å². The molecule has 248 valence electrons. The van der Waals surface area contributed by atoms with Crippen LogP contribution in [0.5, 0.6) is 0 Å². The molecule has 51 heavy (non-hydrogen) atoms. The lowest BCUT2D eigenvalue weighted by molar-refractivity contribution is -0.0446. The van der Waals surface area contributed by atoms with Crippen molar-refractivity contribution in [3.8, 4) is 34.2 Å². The quantitative estimate of drug-likeness (QED) is 0.186. The fourth-order valence-corrected chi connectivity index (χ4v) is 12.8. The van der Waals surface area contributed by atoms with E-state index < -0.39 is 9.84 Å². The molecule has 0 amide bonds. The first-order valence-electron chi connectivity index (χ1n) is 18.2. The molecule has 1 spiro atoms. The SMILES string of the molecule is O=S1(=O)c2ccccc2C2(c3ccc(-c4nc(-c5cccc6ccccc56)nc(-c5cccc6ccccc56)n4)cc31)C1CC3CC(C1)CC2C3. The zero-order chi connectivity index (χ0) is 33.9. The van der Waals surface area contributed by atoms with E-state index in [1.165, 1.54) is 32.1 Å². The second-order valence-electron chi connectivity index (χ2n) is 15.2. The van der Waals surface area contributed by atoms with Crippen molar-refractivity contribution in [1.29, 1.82) is 0 Å². The monoisotopic (exact) mass is 681 g/mol. The number of benzene rings is 6. The Bertz CT molecular complexity index is 2570. The molecule has 2 heterocycles. The minimum absolute atomic E-state index is 0.287. The highest BCUT2D eigenvalue weighted by Gasteiger charge is 2.62. The first-order valence-corrected chi connectivity index (χ1v) is 19.7. The van der Waals surface area contributed by atoms with E-state index in [-0.39, 0.29) is 5.41 Å². The van der Waals surface area contributed by atoms with Gasteiger partial charge in [0.05, 0.1) is 9.79 Å². The molecule has 4 saturated carbocycles. The van der Waals surface area contributed by atoms with Crippen LogP contribution in [0.1, 0.15) is 43.2 Å². The van der Waals surface area contributed by atoms with Gasteiger partial charge in [0.1, 0.15) is 0 Å². The Morgan fingerprint density at radius 3 is 1.63 bits per heavy atom. The summed E-state index contributed by atoms with van der Waals surface area (Å²) in [5.41, 5.74) is 4.22. The van der Waals surface area contributed by atoms with Crippen LogP contribution in [0, 0.1) is 23.7 Å². The molecule has 6 heteroatoms. The topological polar surface area (TPSA) is 72.8 Å². The molecule has 0 saturated heterocycles. The van der Waals surface area contributed by atoms with Gasteiger partial charge in [-0.2, -0.15) is 0 Å². The molecule has 7 aromatic rings. The van der Waals surface area contributed by atoms with Crippen LogP contribution in [-0.4, -0.2) is 23.4 Å². The summed E-state index contributed by atoms with van der Waals surface area (Å²) in [4.78, 5) is 16.3. The molecule has 6 aromatic carbocycles. The van der Waals surface area contributed by atoms with Gasteiger partial charge in [0.15, 0.2) is 17.5 Å². The summed E-state index contributed by atoms with van der Waals surface area (Å²) < 4.78 is 29.4. The summed E-state index contributed by atoms with van der Waals surface area (Å²) in [6.07, 6.45) is 6.06. The second kappa shape index (κ2) is 10.7. The highest BCUT2D eigenvalue weighted by molar-refractivity contribution is 7.91. The Hall–Kier alpha value is -5.20. The van der Waals surface area contributed by atoms with Crippen molar-refractivity contribution in [3.63, 3.8) is 0 Å². The highest BCUT2D eigenvalue weighted by Crippen LogP contribution is 2.68. The summed E-state index contributed by atoms with van der Waals surface area (Å²) in [6, 6.07) is 42.8. The van der Waals surface area contributed by atoms with Crippen LogP contribution in [0.3, 0.4) is 0 Å². The van der Waals surface area contributed by atoms with Gasteiger partial charge in [-0.25, -0.2) is 23.4 Å². The van der Waals surface area contributed by atoms with E-state index in [2.05, 4.69) is 66.7 Å². The number of nitrogens with zero attached hydrogens (tertiary/aromatic N) is 3. The van der Waals surface area contributed by atoms with Gasteiger partial charge in [-0.05, 0) is 101 Å². The van der Waals surface area contributed by atoms with Crippen molar-refractivity contribution in [1.82, 2.24) is 15.0 Å². The van der Waals surface area contributed by atoms with E-state index in [4.69, 9.17) is 15.0 Å². The van der Waals surface area contributed by atoms with E-state index in [0.717, 1.165) is 55.6 Å². The van der Waals surface area contributed by atoms with Crippen LogP contribution in [0.4, 0.5) is 0 Å². The van der Waals surface area contributed by atoms with Crippen LogP contribution in [0.15, 0.2) is 137 Å². The maximum absolute atomic E-state index is 14.7. The molecule has 5 aliphatic rings. The fraction of sp³-hybridized carbons (Fsp3) is 0.222. The molecule has 1 aromatic heterocycles. The summed E-state index contributed by atoms with van der Waals surface area (Å²) in [5, 5.41) is 4.30. The maximum atomic E-state index is 14.7. The lowest BCUT2D eigenvalue weighted by atomic mass is 9.42. The molecule has 4 fully saturated rings. The minimum Gasteiger partial charge on any atom is -0.218 e. The van der Waals surface area contributed by atoms with Gasteiger partial charge in [-0.1, -0.05) is 115 Å². The second-order valence-corrected chi connectivity index (χ2v) is 17.1. The molecular weight excluding hydrogens is 647 g/mol. The smallest absolute Gasteiger partial charge is 0.207 e. The molecule has 0 unspecified atom stereocenters. The molecule has 1 aliphatic heterocycles. The molecule has 0 N–H and O–H groups in total. The van der Waals surface area contributed by atoms with E-state index in [0.29, 0.717) is 44.7 Å². The highest BCUT2D eigenvalue weighted by atomic mass is 32.2. The van der Waals surface area contributed by atoms with Crippen molar-refractivity contribution < 1.29 is 8.42 Å². The van der Waals surface area contributed by atoms with Crippen molar-refractivity contribution in [2.75, 3.05) is 0 Å². The number of sulfone groups is 1. The van der Waals surface area contributed by atoms with Gasteiger partial charge in [0.2, 0.25) is 9.84 Å². The van der Waals surface area contributed by atoms with Gasteiger partial charge < -0.3 is 0 Å². The van der Waals surface area contributed by atoms with Gasteiger partial charge in [0, 0.05) is 22.1 Å². The van der Waals surface area contributed by atoms with Crippen LogP contribution in [0.2, 0.25) is 0 Å². The molecule has 0 atom stereocenters. The van der Waals surface area contributed by atoms with Crippen LogP contribution in [-0.2, 0) is 15.3 Å². The number of fused-ring (bicyclic) bond motifs is 4. The number of rotatable bonds is 3. The normalized spacial score (nSPS) is 25.3. The van der Waals surface area contributed by atoms with Gasteiger partial charge in [0.25, 0.3) is 0 Å². The summed E-state index contributed by atoms with van der Waals surface area (Å²) >= 11 is 0. The van der Waals surface area contributed by atoms with E-state index in [1.54, 1.807) is 0 Å². The Morgan fingerprint density at radius 1 is 0.490 bits per heavy atom. The molecule has 12 rings (SSSR count). The van der Waals surface area contributed by atoms with Crippen molar-refractivity contribution >= 4 is 31.4 Å². The number of hydrogen-bond acceptors (Lipinski definition) is 5. The third-order valence-corrected chi connectivity index (χ3v) is 14.6. The molecule has 5 nitrogen and oxygen atoms in total. The predicted molar refractivity (Wildman–Crippen MR) is 201 cm³/mol. The van der Waals surface area contributed by atoms with Gasteiger partial charge in [-0.3, -0.25) is 0 Å². The Morgan fingerprint density at radius 2 is 1.00 bits per heavy atom. The Kier molecular flexibility index (Phi) is 6.17. The predicted octanol–water partition coefficient (Wildman–Crippen LogP) is 10.1. The summed E-state index contributed by atoms with van der Waals surface area (Å²) in [5.74, 6) is 4.00. The zero-order valence-corrected chi connectivity index (χ0v) is 28.9. The summed E-state index contributed by atoms with van der Waals surface area (Å²) in [6.45, 7) is 0. The fourth-order valence-electron chi connectivity index (χ4n) is 10.9. The first-order chi connectivity index (χ1) is 25.0. The molecule has 4 bridgehead atoms. The minimum atomic E-state index is -3.79. The third-order valence-electron chi connectivity index (χ3n) is 12.7. The number of aromatic nitrogens is 3.